The van der Waals surface area contributed by atoms with Gasteiger partial charge in [0.2, 0.25) is 0 Å². The average Bonchev–Trinajstić information content (AvgIpc) is 2.84. The van der Waals surface area contributed by atoms with E-state index in [9.17, 15) is 0 Å². The predicted molar refractivity (Wildman–Crippen MR) is 79.6 cm³/mol. The number of nitrogens with one attached hydrogen (secondary N) is 1. The van der Waals surface area contributed by atoms with E-state index < -0.39 is 0 Å². The number of nitrogens with zero attached hydrogens (tertiary/aromatic N) is 1. The zero-order chi connectivity index (χ0) is 13.5. The van der Waals surface area contributed by atoms with Crippen LogP contribution < -0.4 is 10.1 Å². The quantitative estimate of drug-likeness (QED) is 0.786. The van der Waals surface area contributed by atoms with Crippen molar-refractivity contribution in [1.82, 2.24) is 10.3 Å². The summed E-state index contributed by atoms with van der Waals surface area (Å²) >= 11 is 1.64. The van der Waals surface area contributed by atoms with Crippen LogP contribution in [0.3, 0.4) is 0 Å². The zero-order valence-electron chi connectivity index (χ0n) is 11.5. The molecule has 0 aliphatic rings. The van der Waals surface area contributed by atoms with Gasteiger partial charge in [0.05, 0.1) is 0 Å². The molecule has 0 bridgehead atoms. The van der Waals surface area contributed by atoms with Crippen LogP contribution >= 0.6 is 11.3 Å². The van der Waals surface area contributed by atoms with Crippen molar-refractivity contribution in [2.45, 2.75) is 33.4 Å². The minimum absolute atomic E-state index is 0.545. The molecular weight excluding hydrogens is 256 g/mol. The number of benzene rings is 1. The van der Waals surface area contributed by atoms with Gasteiger partial charge >= 0.3 is 0 Å². The fourth-order valence-corrected chi connectivity index (χ4v) is 2.48. The van der Waals surface area contributed by atoms with E-state index in [4.69, 9.17) is 4.74 Å². The summed E-state index contributed by atoms with van der Waals surface area (Å²) in [7, 11) is 0. The summed E-state index contributed by atoms with van der Waals surface area (Å²) in [5.41, 5.74) is 2.26. The third kappa shape index (κ3) is 4.33. The van der Waals surface area contributed by atoms with E-state index in [0.717, 1.165) is 36.0 Å². The van der Waals surface area contributed by atoms with Crippen LogP contribution in [0, 0.1) is 6.92 Å². The molecule has 1 aromatic carbocycles. The van der Waals surface area contributed by atoms with Crippen LogP contribution in [0.2, 0.25) is 0 Å². The fraction of sp³-hybridized carbons (Fsp3) is 0.400. The highest BCUT2D eigenvalue weighted by Gasteiger charge is 2.04. The number of rotatable bonds is 7. The first kappa shape index (κ1) is 14.0. The molecule has 4 heteroatoms. The van der Waals surface area contributed by atoms with Gasteiger partial charge in [-0.3, -0.25) is 0 Å². The molecule has 0 spiro atoms. The lowest BCUT2D eigenvalue weighted by Crippen LogP contribution is -2.14. The van der Waals surface area contributed by atoms with Gasteiger partial charge in [0.25, 0.3) is 0 Å². The van der Waals surface area contributed by atoms with E-state index in [1.807, 2.05) is 30.5 Å². The van der Waals surface area contributed by atoms with Gasteiger partial charge in [-0.05, 0) is 26.0 Å². The number of ether oxygens (including phenoxy) is 1. The van der Waals surface area contributed by atoms with E-state index in [0.29, 0.717) is 6.61 Å². The second-order valence-electron chi connectivity index (χ2n) is 4.46. The molecule has 2 aromatic rings. The molecule has 0 aliphatic heterocycles. The summed E-state index contributed by atoms with van der Waals surface area (Å²) in [6.45, 7) is 6.59. The molecule has 0 saturated carbocycles. The van der Waals surface area contributed by atoms with Crippen molar-refractivity contribution in [1.29, 1.82) is 0 Å². The van der Waals surface area contributed by atoms with Gasteiger partial charge in [-0.25, -0.2) is 4.98 Å². The van der Waals surface area contributed by atoms with Crippen molar-refractivity contribution in [2.75, 3.05) is 6.54 Å². The van der Waals surface area contributed by atoms with E-state index >= 15 is 0 Å². The number of para-hydroxylation sites is 1. The Morgan fingerprint density at radius 1 is 1.32 bits per heavy atom. The molecule has 1 heterocycles. The van der Waals surface area contributed by atoms with Gasteiger partial charge in [0.1, 0.15) is 17.4 Å². The van der Waals surface area contributed by atoms with Crippen molar-refractivity contribution < 1.29 is 4.74 Å². The molecule has 0 radical (unpaired) electrons. The molecule has 0 saturated heterocycles. The summed E-state index contributed by atoms with van der Waals surface area (Å²) in [6, 6.07) is 8.17. The molecule has 0 unspecified atom stereocenters. The van der Waals surface area contributed by atoms with E-state index in [-0.39, 0.29) is 0 Å². The molecule has 0 atom stereocenters. The van der Waals surface area contributed by atoms with Crippen molar-refractivity contribution >= 4 is 11.3 Å². The Balaban J connectivity index is 1.95. The first-order chi connectivity index (χ1) is 9.29. The summed E-state index contributed by atoms with van der Waals surface area (Å²) < 4.78 is 5.88. The smallest absolute Gasteiger partial charge is 0.140 e. The molecule has 19 heavy (non-hydrogen) atoms. The number of thiazole rings is 1. The Kier molecular flexibility index (Phi) is 5.36. The van der Waals surface area contributed by atoms with Gasteiger partial charge < -0.3 is 10.1 Å². The summed E-state index contributed by atoms with van der Waals surface area (Å²) in [4.78, 5) is 4.41. The summed E-state index contributed by atoms with van der Waals surface area (Å²) in [5.74, 6) is 0.943. The molecule has 1 N–H and O–H groups in total. The Morgan fingerprint density at radius 2 is 2.16 bits per heavy atom. The van der Waals surface area contributed by atoms with Crippen LogP contribution in [-0.2, 0) is 13.2 Å². The Bertz CT molecular complexity index is 510. The van der Waals surface area contributed by atoms with Crippen molar-refractivity contribution in [3.05, 3.63) is 45.9 Å². The highest BCUT2D eigenvalue weighted by molar-refractivity contribution is 7.09. The van der Waals surface area contributed by atoms with Gasteiger partial charge in [0.15, 0.2) is 0 Å². The van der Waals surface area contributed by atoms with Crippen molar-refractivity contribution in [3.63, 3.8) is 0 Å². The lowest BCUT2D eigenvalue weighted by molar-refractivity contribution is 0.301. The minimum Gasteiger partial charge on any atom is -0.486 e. The second kappa shape index (κ2) is 7.26. The topological polar surface area (TPSA) is 34.1 Å². The summed E-state index contributed by atoms with van der Waals surface area (Å²) in [6.07, 6.45) is 1.14. The van der Waals surface area contributed by atoms with E-state index in [1.165, 1.54) is 5.56 Å². The largest absolute Gasteiger partial charge is 0.486 e. The Labute approximate surface area is 118 Å². The van der Waals surface area contributed by atoms with Crippen LogP contribution in [0.1, 0.15) is 29.6 Å². The molecule has 2 rings (SSSR count). The van der Waals surface area contributed by atoms with E-state index in [1.54, 1.807) is 11.3 Å². The number of hydrogen-bond acceptors (Lipinski definition) is 4. The highest BCUT2D eigenvalue weighted by atomic mass is 32.1. The molecule has 0 amide bonds. The first-order valence-corrected chi connectivity index (χ1v) is 7.50. The van der Waals surface area contributed by atoms with Crippen LogP contribution in [0.4, 0.5) is 0 Å². The van der Waals surface area contributed by atoms with Crippen LogP contribution in [0.25, 0.3) is 0 Å². The van der Waals surface area contributed by atoms with Gasteiger partial charge in [-0.2, -0.15) is 0 Å². The first-order valence-electron chi connectivity index (χ1n) is 6.62. The monoisotopic (exact) mass is 276 g/mol. The van der Waals surface area contributed by atoms with Crippen LogP contribution in [0.15, 0.2) is 29.6 Å². The fourth-order valence-electron chi connectivity index (χ4n) is 1.80. The van der Waals surface area contributed by atoms with Crippen molar-refractivity contribution in [3.8, 4) is 5.75 Å². The highest BCUT2D eigenvalue weighted by Crippen LogP contribution is 2.20. The Hall–Kier alpha value is -1.39. The van der Waals surface area contributed by atoms with Crippen LogP contribution in [-0.4, -0.2) is 11.5 Å². The van der Waals surface area contributed by atoms with Gasteiger partial charge in [-0.1, -0.05) is 25.1 Å². The van der Waals surface area contributed by atoms with Crippen LogP contribution in [0.5, 0.6) is 5.75 Å². The third-order valence-corrected chi connectivity index (χ3v) is 3.67. The lowest BCUT2D eigenvalue weighted by Gasteiger charge is -2.11. The predicted octanol–water partition coefficient (Wildman–Crippen LogP) is 3.53. The maximum Gasteiger partial charge on any atom is 0.140 e. The average molecular weight is 276 g/mol. The van der Waals surface area contributed by atoms with E-state index in [2.05, 4.69) is 23.3 Å². The molecule has 102 valence electrons. The van der Waals surface area contributed by atoms with Gasteiger partial charge in [-0.15, -0.1) is 11.3 Å². The zero-order valence-corrected chi connectivity index (χ0v) is 12.3. The number of aromatic nitrogens is 1. The maximum absolute atomic E-state index is 5.88. The summed E-state index contributed by atoms with van der Waals surface area (Å²) in [5, 5.41) is 6.47. The minimum atomic E-state index is 0.545. The van der Waals surface area contributed by atoms with Gasteiger partial charge in [0, 0.05) is 23.2 Å². The second-order valence-corrected chi connectivity index (χ2v) is 5.40. The lowest BCUT2D eigenvalue weighted by atomic mass is 10.2. The molecule has 0 fully saturated rings. The SMILES string of the molecule is CCCNCc1ccccc1OCc1nc(C)cs1. The number of aryl methyl sites for hydroxylation is 1. The molecule has 1 aromatic heterocycles. The van der Waals surface area contributed by atoms with Crippen molar-refractivity contribution in [2.24, 2.45) is 0 Å². The number of hydrogen-bond donors (Lipinski definition) is 1. The molecular formula is C15H20N2OS. The molecule has 3 nitrogen and oxygen atoms in total. The normalized spacial score (nSPS) is 10.6. The standard InChI is InChI=1S/C15H20N2OS/c1-3-8-16-9-13-6-4-5-7-14(13)18-10-15-17-12(2)11-19-15/h4-7,11,16H,3,8-10H2,1-2H3. The molecule has 0 aliphatic carbocycles. The third-order valence-electron chi connectivity index (χ3n) is 2.73. The Morgan fingerprint density at radius 3 is 2.89 bits per heavy atom. The maximum atomic E-state index is 5.88.